The van der Waals surface area contributed by atoms with Crippen LogP contribution in [0.4, 0.5) is 0 Å². The molecule has 1 rings (SSSR count). The molecule has 1 atom stereocenters. The van der Waals surface area contributed by atoms with E-state index in [1.54, 1.807) is 0 Å². The summed E-state index contributed by atoms with van der Waals surface area (Å²) in [4.78, 5) is 5.77. The van der Waals surface area contributed by atoms with E-state index in [2.05, 4.69) is 38.0 Å². The van der Waals surface area contributed by atoms with Gasteiger partial charge in [-0.2, -0.15) is 0 Å². The molecule has 0 aliphatic carbocycles. The first kappa shape index (κ1) is 11.7. The Hall–Kier alpha value is -0.410. The van der Waals surface area contributed by atoms with Crippen molar-refractivity contribution in [1.29, 1.82) is 0 Å². The summed E-state index contributed by atoms with van der Waals surface area (Å²) in [5, 5.41) is 4.71. The third-order valence-corrected chi connectivity index (χ3v) is 3.64. The predicted octanol–water partition coefficient (Wildman–Crippen LogP) is 3.33. The molecule has 1 aromatic rings. The van der Waals surface area contributed by atoms with Crippen LogP contribution in [0.1, 0.15) is 56.0 Å². The topological polar surface area (TPSA) is 24.9 Å². The van der Waals surface area contributed by atoms with Crippen LogP contribution in [0.3, 0.4) is 0 Å². The fourth-order valence-electron chi connectivity index (χ4n) is 1.23. The van der Waals surface area contributed by atoms with Gasteiger partial charge in [0.05, 0.1) is 5.01 Å². The van der Waals surface area contributed by atoms with Crippen LogP contribution in [0.25, 0.3) is 0 Å². The number of rotatable bonds is 5. The Morgan fingerprint density at radius 2 is 2.14 bits per heavy atom. The third-order valence-electron chi connectivity index (χ3n) is 2.16. The van der Waals surface area contributed by atoms with Gasteiger partial charge in [-0.05, 0) is 19.9 Å². The maximum Gasteiger partial charge on any atom is 0.0953 e. The Bertz CT molecular complexity index is 268. The van der Waals surface area contributed by atoms with Gasteiger partial charge < -0.3 is 5.32 Å². The van der Waals surface area contributed by atoms with E-state index in [1.807, 2.05) is 17.5 Å². The van der Waals surface area contributed by atoms with E-state index in [-0.39, 0.29) is 0 Å². The molecule has 0 saturated carbocycles. The molecule has 0 aliphatic heterocycles. The lowest BCUT2D eigenvalue weighted by Crippen LogP contribution is -2.18. The molecule has 2 nitrogen and oxygen atoms in total. The summed E-state index contributed by atoms with van der Waals surface area (Å²) >= 11 is 1.83. The molecule has 0 fully saturated rings. The van der Waals surface area contributed by atoms with Crippen LogP contribution >= 0.6 is 11.3 Å². The number of nitrogens with one attached hydrogen (secondary N) is 1. The van der Waals surface area contributed by atoms with Gasteiger partial charge in [-0.3, -0.25) is 0 Å². The van der Waals surface area contributed by atoms with Crippen LogP contribution in [0.2, 0.25) is 0 Å². The van der Waals surface area contributed by atoms with Crippen LogP contribution in [0.5, 0.6) is 0 Å². The fourth-order valence-corrected chi connectivity index (χ4v) is 2.18. The molecule has 1 aromatic heterocycles. The van der Waals surface area contributed by atoms with Gasteiger partial charge in [-0.25, -0.2) is 4.98 Å². The second kappa shape index (κ2) is 5.47. The molecule has 0 aromatic carbocycles. The standard InChI is InChI=1S/C11H20N2S/c1-5-6-12-9(4)10-7-13-11(14-10)8(2)3/h7-9,12H,5-6H2,1-4H3. The zero-order chi connectivity index (χ0) is 10.6. The molecule has 1 heterocycles. The summed E-state index contributed by atoms with van der Waals surface area (Å²) in [6.07, 6.45) is 3.19. The Labute approximate surface area is 90.8 Å². The van der Waals surface area contributed by atoms with Crippen LogP contribution in [-0.4, -0.2) is 11.5 Å². The first-order chi connectivity index (χ1) is 6.65. The number of thiazole rings is 1. The van der Waals surface area contributed by atoms with Crippen molar-refractivity contribution in [3.63, 3.8) is 0 Å². The molecule has 0 radical (unpaired) electrons. The molecular weight excluding hydrogens is 192 g/mol. The minimum atomic E-state index is 0.444. The van der Waals surface area contributed by atoms with E-state index in [0.29, 0.717) is 12.0 Å². The average molecular weight is 212 g/mol. The van der Waals surface area contributed by atoms with Gasteiger partial charge in [0.1, 0.15) is 0 Å². The highest BCUT2D eigenvalue weighted by Crippen LogP contribution is 2.25. The summed E-state index contributed by atoms with van der Waals surface area (Å²) in [5.41, 5.74) is 0. The summed E-state index contributed by atoms with van der Waals surface area (Å²) in [6.45, 7) is 9.84. The van der Waals surface area contributed by atoms with Crippen molar-refractivity contribution in [3.8, 4) is 0 Å². The van der Waals surface area contributed by atoms with Crippen molar-refractivity contribution < 1.29 is 0 Å². The molecule has 0 saturated heterocycles. The van der Waals surface area contributed by atoms with Crippen molar-refractivity contribution in [2.24, 2.45) is 0 Å². The second-order valence-corrected chi connectivity index (χ2v) is 5.03. The van der Waals surface area contributed by atoms with Gasteiger partial charge in [0, 0.05) is 23.0 Å². The zero-order valence-electron chi connectivity index (χ0n) is 9.50. The SMILES string of the molecule is CCCNC(C)c1cnc(C(C)C)s1. The van der Waals surface area contributed by atoms with Crippen molar-refractivity contribution in [1.82, 2.24) is 10.3 Å². The van der Waals surface area contributed by atoms with Crippen molar-refractivity contribution in [3.05, 3.63) is 16.1 Å². The van der Waals surface area contributed by atoms with E-state index < -0.39 is 0 Å². The maximum atomic E-state index is 4.42. The van der Waals surface area contributed by atoms with E-state index in [0.717, 1.165) is 6.54 Å². The first-order valence-corrected chi connectivity index (χ1v) is 6.15. The van der Waals surface area contributed by atoms with Gasteiger partial charge in [0.25, 0.3) is 0 Å². The smallest absolute Gasteiger partial charge is 0.0953 e. The summed E-state index contributed by atoms with van der Waals surface area (Å²) < 4.78 is 0. The summed E-state index contributed by atoms with van der Waals surface area (Å²) in [6, 6.07) is 0.444. The number of aromatic nitrogens is 1. The largest absolute Gasteiger partial charge is 0.309 e. The highest BCUT2D eigenvalue weighted by Gasteiger charge is 2.10. The lowest BCUT2D eigenvalue weighted by Gasteiger charge is -2.09. The van der Waals surface area contributed by atoms with Gasteiger partial charge >= 0.3 is 0 Å². The van der Waals surface area contributed by atoms with E-state index >= 15 is 0 Å². The minimum absolute atomic E-state index is 0.444. The second-order valence-electron chi connectivity index (χ2n) is 3.93. The molecule has 80 valence electrons. The maximum absolute atomic E-state index is 4.42. The van der Waals surface area contributed by atoms with Crippen LogP contribution < -0.4 is 5.32 Å². The van der Waals surface area contributed by atoms with Gasteiger partial charge in [0.2, 0.25) is 0 Å². The normalized spacial score (nSPS) is 13.5. The van der Waals surface area contributed by atoms with Crippen LogP contribution in [-0.2, 0) is 0 Å². The third kappa shape index (κ3) is 3.07. The van der Waals surface area contributed by atoms with Crippen LogP contribution in [0.15, 0.2) is 6.20 Å². The van der Waals surface area contributed by atoms with Crippen molar-refractivity contribution >= 4 is 11.3 Å². The Morgan fingerprint density at radius 1 is 1.43 bits per heavy atom. The molecule has 0 amide bonds. The van der Waals surface area contributed by atoms with Gasteiger partial charge in [-0.15, -0.1) is 11.3 Å². The molecule has 3 heteroatoms. The molecule has 0 aliphatic rings. The number of hydrogen-bond donors (Lipinski definition) is 1. The van der Waals surface area contributed by atoms with Gasteiger partial charge in [0.15, 0.2) is 0 Å². The summed E-state index contributed by atoms with van der Waals surface area (Å²) in [5.74, 6) is 0.548. The van der Waals surface area contributed by atoms with E-state index in [9.17, 15) is 0 Å². The number of nitrogens with zero attached hydrogens (tertiary/aromatic N) is 1. The molecule has 14 heavy (non-hydrogen) atoms. The molecule has 0 spiro atoms. The zero-order valence-corrected chi connectivity index (χ0v) is 10.3. The summed E-state index contributed by atoms with van der Waals surface area (Å²) in [7, 11) is 0. The lowest BCUT2D eigenvalue weighted by atomic mass is 10.2. The molecule has 1 unspecified atom stereocenters. The Kier molecular flexibility index (Phi) is 4.55. The Balaban J connectivity index is 2.57. The van der Waals surface area contributed by atoms with Gasteiger partial charge in [-0.1, -0.05) is 20.8 Å². The lowest BCUT2D eigenvalue weighted by molar-refractivity contribution is 0.577. The predicted molar refractivity (Wildman–Crippen MR) is 62.9 cm³/mol. The molecular formula is C11H20N2S. The average Bonchev–Trinajstić information content (AvgIpc) is 2.62. The highest BCUT2D eigenvalue weighted by molar-refractivity contribution is 7.11. The quantitative estimate of drug-likeness (QED) is 0.810. The molecule has 1 N–H and O–H groups in total. The molecule has 0 bridgehead atoms. The van der Waals surface area contributed by atoms with E-state index in [4.69, 9.17) is 0 Å². The van der Waals surface area contributed by atoms with Crippen LogP contribution in [0, 0.1) is 0 Å². The fraction of sp³-hybridized carbons (Fsp3) is 0.727. The Morgan fingerprint density at radius 3 is 2.64 bits per heavy atom. The van der Waals surface area contributed by atoms with E-state index in [1.165, 1.54) is 16.3 Å². The van der Waals surface area contributed by atoms with Crippen molar-refractivity contribution in [2.75, 3.05) is 6.54 Å². The highest BCUT2D eigenvalue weighted by atomic mass is 32.1. The first-order valence-electron chi connectivity index (χ1n) is 5.34. The minimum Gasteiger partial charge on any atom is -0.309 e. The monoisotopic (exact) mass is 212 g/mol. The van der Waals surface area contributed by atoms with Crippen molar-refractivity contribution in [2.45, 2.75) is 46.1 Å². The number of hydrogen-bond acceptors (Lipinski definition) is 3.